The maximum atomic E-state index is 12.3. The van der Waals surface area contributed by atoms with Gasteiger partial charge in [-0.15, -0.1) is 11.3 Å². The summed E-state index contributed by atoms with van der Waals surface area (Å²) in [6, 6.07) is 13.1. The fraction of sp³-hybridized carbons (Fsp3) is 0.0526. The van der Waals surface area contributed by atoms with E-state index in [1.807, 2.05) is 0 Å². The lowest BCUT2D eigenvalue weighted by molar-refractivity contribution is -0.114. The first-order valence-corrected chi connectivity index (χ1v) is 8.89. The second-order valence-corrected chi connectivity index (χ2v) is 6.48. The highest BCUT2D eigenvalue weighted by Gasteiger charge is 2.09. The fourth-order valence-corrected chi connectivity index (χ4v) is 2.79. The van der Waals surface area contributed by atoms with Crippen molar-refractivity contribution in [3.05, 3.63) is 71.2 Å². The number of nitrogens with one attached hydrogen (secondary N) is 3. The average molecular weight is 380 g/mol. The average Bonchev–Trinajstić information content (AvgIpc) is 3.15. The van der Waals surface area contributed by atoms with Gasteiger partial charge in [-0.2, -0.15) is 0 Å². The number of benzene rings is 2. The van der Waals surface area contributed by atoms with Gasteiger partial charge in [0.15, 0.2) is 5.13 Å². The van der Waals surface area contributed by atoms with Crippen LogP contribution in [-0.4, -0.2) is 22.7 Å². The van der Waals surface area contributed by atoms with Gasteiger partial charge in [-0.25, -0.2) is 4.98 Å². The summed E-state index contributed by atoms with van der Waals surface area (Å²) in [6.07, 6.45) is 1.61. The molecule has 1 aromatic heterocycles. The number of amides is 3. The molecular formula is C19H16N4O3S. The van der Waals surface area contributed by atoms with Crippen LogP contribution in [0.2, 0.25) is 0 Å². The Kier molecular flexibility index (Phi) is 5.58. The van der Waals surface area contributed by atoms with E-state index in [0.717, 1.165) is 0 Å². The van der Waals surface area contributed by atoms with Gasteiger partial charge < -0.3 is 10.6 Å². The van der Waals surface area contributed by atoms with E-state index in [4.69, 9.17) is 0 Å². The smallest absolute Gasteiger partial charge is 0.257 e. The molecule has 0 aliphatic rings. The first kappa shape index (κ1) is 18.3. The molecule has 0 fully saturated rings. The van der Waals surface area contributed by atoms with Gasteiger partial charge in [0.05, 0.1) is 0 Å². The Morgan fingerprint density at radius 1 is 0.778 bits per heavy atom. The number of anilines is 3. The summed E-state index contributed by atoms with van der Waals surface area (Å²) in [7, 11) is 0. The molecule has 3 aromatic rings. The van der Waals surface area contributed by atoms with Crippen molar-refractivity contribution in [2.75, 3.05) is 16.0 Å². The molecule has 0 aliphatic heterocycles. The number of nitrogens with zero attached hydrogens (tertiary/aromatic N) is 1. The molecule has 0 saturated heterocycles. The highest BCUT2D eigenvalue weighted by molar-refractivity contribution is 7.13. The van der Waals surface area contributed by atoms with Gasteiger partial charge in [0, 0.05) is 41.0 Å². The first-order chi connectivity index (χ1) is 13.0. The van der Waals surface area contributed by atoms with E-state index in [0.29, 0.717) is 27.6 Å². The molecular weight excluding hydrogens is 364 g/mol. The van der Waals surface area contributed by atoms with Crippen LogP contribution in [0.3, 0.4) is 0 Å². The highest BCUT2D eigenvalue weighted by Crippen LogP contribution is 2.16. The third-order valence-corrected chi connectivity index (χ3v) is 4.21. The zero-order valence-corrected chi connectivity index (χ0v) is 15.2. The predicted octanol–water partition coefficient (Wildman–Crippen LogP) is 3.61. The Labute approximate surface area is 159 Å². The van der Waals surface area contributed by atoms with E-state index in [-0.39, 0.29) is 17.7 Å². The third-order valence-electron chi connectivity index (χ3n) is 3.53. The van der Waals surface area contributed by atoms with Gasteiger partial charge in [-0.1, -0.05) is 0 Å². The van der Waals surface area contributed by atoms with E-state index in [9.17, 15) is 14.4 Å². The van der Waals surface area contributed by atoms with Crippen LogP contribution < -0.4 is 16.0 Å². The summed E-state index contributed by atoms with van der Waals surface area (Å²) in [5.74, 6) is -0.730. The van der Waals surface area contributed by atoms with Gasteiger partial charge >= 0.3 is 0 Å². The highest BCUT2D eigenvalue weighted by atomic mass is 32.1. The minimum absolute atomic E-state index is 0.175. The molecule has 3 amide bonds. The van der Waals surface area contributed by atoms with E-state index in [1.165, 1.54) is 18.3 Å². The molecule has 0 spiro atoms. The van der Waals surface area contributed by atoms with Crippen LogP contribution in [-0.2, 0) is 4.79 Å². The van der Waals surface area contributed by atoms with Crippen molar-refractivity contribution < 1.29 is 14.4 Å². The van der Waals surface area contributed by atoms with Gasteiger partial charge in [0.1, 0.15) is 0 Å². The third kappa shape index (κ3) is 4.99. The second-order valence-electron chi connectivity index (χ2n) is 5.58. The summed E-state index contributed by atoms with van der Waals surface area (Å²) in [4.78, 5) is 39.4. The van der Waals surface area contributed by atoms with Crippen molar-refractivity contribution >= 4 is 45.6 Å². The number of carbonyl (C=O) groups excluding carboxylic acids is 3. The maximum absolute atomic E-state index is 12.3. The zero-order valence-electron chi connectivity index (χ0n) is 14.4. The van der Waals surface area contributed by atoms with Crippen LogP contribution in [0.4, 0.5) is 16.5 Å². The minimum atomic E-state index is -0.288. The van der Waals surface area contributed by atoms with Crippen LogP contribution in [0.15, 0.2) is 60.1 Å². The van der Waals surface area contributed by atoms with Crippen LogP contribution >= 0.6 is 11.3 Å². The van der Waals surface area contributed by atoms with Crippen molar-refractivity contribution in [2.45, 2.75) is 6.92 Å². The second kappa shape index (κ2) is 8.24. The zero-order chi connectivity index (χ0) is 19.2. The molecule has 1 heterocycles. The molecule has 7 nitrogen and oxygen atoms in total. The minimum Gasteiger partial charge on any atom is -0.326 e. The lowest BCUT2D eigenvalue weighted by atomic mass is 10.1. The molecule has 0 unspecified atom stereocenters. The summed E-state index contributed by atoms with van der Waals surface area (Å²) in [6.45, 7) is 1.42. The molecule has 0 bridgehead atoms. The Bertz CT molecular complexity index is 952. The van der Waals surface area contributed by atoms with Gasteiger partial charge in [-0.3, -0.25) is 19.7 Å². The SMILES string of the molecule is CC(=O)Nc1ccc(C(=O)Nc2ccc(C(=O)Nc3nccs3)cc2)cc1. The monoisotopic (exact) mass is 380 g/mol. The largest absolute Gasteiger partial charge is 0.326 e. The maximum Gasteiger partial charge on any atom is 0.257 e. The topological polar surface area (TPSA) is 100 Å². The Morgan fingerprint density at radius 3 is 1.78 bits per heavy atom. The molecule has 3 N–H and O–H groups in total. The molecule has 0 aliphatic carbocycles. The summed E-state index contributed by atoms with van der Waals surface area (Å²) < 4.78 is 0. The molecule has 3 rings (SSSR count). The number of hydrogen-bond acceptors (Lipinski definition) is 5. The van der Waals surface area contributed by atoms with E-state index < -0.39 is 0 Å². The van der Waals surface area contributed by atoms with Gasteiger partial charge in [-0.05, 0) is 48.5 Å². The van der Waals surface area contributed by atoms with Crippen molar-refractivity contribution in [1.29, 1.82) is 0 Å². The van der Waals surface area contributed by atoms with Crippen LogP contribution in [0.5, 0.6) is 0 Å². The Hall–Kier alpha value is -3.52. The molecule has 136 valence electrons. The Balaban J connectivity index is 1.61. The van der Waals surface area contributed by atoms with Crippen molar-refractivity contribution in [3.8, 4) is 0 Å². The number of carbonyl (C=O) groups is 3. The summed E-state index contributed by atoms with van der Waals surface area (Å²) >= 11 is 1.34. The van der Waals surface area contributed by atoms with Crippen molar-refractivity contribution in [3.63, 3.8) is 0 Å². The van der Waals surface area contributed by atoms with E-state index in [1.54, 1.807) is 60.1 Å². The Morgan fingerprint density at radius 2 is 1.30 bits per heavy atom. The first-order valence-electron chi connectivity index (χ1n) is 8.01. The fourth-order valence-electron chi connectivity index (χ4n) is 2.27. The molecule has 0 saturated carbocycles. The van der Waals surface area contributed by atoms with E-state index in [2.05, 4.69) is 20.9 Å². The van der Waals surface area contributed by atoms with Crippen molar-refractivity contribution in [1.82, 2.24) is 4.98 Å². The number of hydrogen-bond donors (Lipinski definition) is 3. The van der Waals surface area contributed by atoms with E-state index >= 15 is 0 Å². The number of rotatable bonds is 5. The normalized spacial score (nSPS) is 10.1. The van der Waals surface area contributed by atoms with Crippen molar-refractivity contribution in [2.24, 2.45) is 0 Å². The van der Waals surface area contributed by atoms with Gasteiger partial charge in [0.2, 0.25) is 5.91 Å². The molecule has 2 aromatic carbocycles. The van der Waals surface area contributed by atoms with Crippen LogP contribution in [0.25, 0.3) is 0 Å². The van der Waals surface area contributed by atoms with Crippen LogP contribution in [0.1, 0.15) is 27.6 Å². The summed E-state index contributed by atoms with van der Waals surface area (Å²) in [5, 5.41) is 10.4. The number of aromatic nitrogens is 1. The standard InChI is InChI=1S/C19H16N4O3S/c1-12(24)21-15-6-2-13(3-7-15)17(25)22-16-8-4-14(5-9-16)18(26)23-19-20-10-11-27-19/h2-11H,1H3,(H,21,24)(H,22,25)(H,20,23,26). The number of thiazole rings is 1. The van der Waals surface area contributed by atoms with Crippen LogP contribution in [0, 0.1) is 0 Å². The summed E-state index contributed by atoms with van der Waals surface area (Å²) in [5.41, 5.74) is 2.10. The quantitative estimate of drug-likeness (QED) is 0.629. The lowest BCUT2D eigenvalue weighted by Gasteiger charge is -2.08. The molecule has 0 radical (unpaired) electrons. The molecule has 27 heavy (non-hydrogen) atoms. The molecule has 0 atom stereocenters. The molecule has 8 heteroatoms. The van der Waals surface area contributed by atoms with Gasteiger partial charge in [0.25, 0.3) is 11.8 Å². The lowest BCUT2D eigenvalue weighted by Crippen LogP contribution is -2.14. The predicted molar refractivity (Wildman–Crippen MR) is 105 cm³/mol.